The molecule has 1 N–H and O–H groups in total. The van der Waals surface area contributed by atoms with E-state index in [1.54, 1.807) is 31.2 Å². The predicted molar refractivity (Wildman–Crippen MR) is 73.6 cm³/mol. The van der Waals surface area contributed by atoms with Crippen LogP contribution in [0.3, 0.4) is 0 Å². The van der Waals surface area contributed by atoms with Crippen LogP contribution < -0.4 is 5.32 Å². The molecule has 102 valence electrons. The molecule has 1 aliphatic carbocycles. The quantitative estimate of drug-likeness (QED) is 0.690. The molecule has 1 aromatic rings. The van der Waals surface area contributed by atoms with Gasteiger partial charge in [0.2, 0.25) is 5.91 Å². The third kappa shape index (κ3) is 2.42. The van der Waals surface area contributed by atoms with E-state index in [-0.39, 0.29) is 11.5 Å². The number of nitrogens with one attached hydrogen (secondary N) is 1. The van der Waals surface area contributed by atoms with Gasteiger partial charge in [-0.25, -0.2) is 4.79 Å². The Morgan fingerprint density at radius 2 is 1.89 bits per heavy atom. The van der Waals surface area contributed by atoms with Gasteiger partial charge in [-0.15, -0.1) is 23.2 Å². The van der Waals surface area contributed by atoms with Crippen molar-refractivity contribution in [3.63, 3.8) is 0 Å². The number of anilines is 1. The van der Waals surface area contributed by atoms with Crippen LogP contribution in [0.25, 0.3) is 0 Å². The highest BCUT2D eigenvalue weighted by Crippen LogP contribution is 2.64. The Hall–Kier alpha value is -1.26. The number of rotatable bonds is 3. The van der Waals surface area contributed by atoms with Gasteiger partial charge in [-0.1, -0.05) is 12.1 Å². The second-order valence-corrected chi connectivity index (χ2v) is 6.19. The second-order valence-electron chi connectivity index (χ2n) is 4.70. The van der Waals surface area contributed by atoms with E-state index in [4.69, 9.17) is 23.2 Å². The van der Waals surface area contributed by atoms with Gasteiger partial charge in [-0.3, -0.25) is 4.79 Å². The first-order valence-corrected chi connectivity index (χ1v) is 6.44. The number of amides is 1. The van der Waals surface area contributed by atoms with Gasteiger partial charge in [-0.05, 0) is 25.5 Å². The van der Waals surface area contributed by atoms with Gasteiger partial charge < -0.3 is 10.1 Å². The summed E-state index contributed by atoms with van der Waals surface area (Å²) in [7, 11) is 1.28. The molecule has 0 spiro atoms. The molecule has 0 unspecified atom stereocenters. The Morgan fingerprint density at radius 1 is 1.32 bits per heavy atom. The lowest BCUT2D eigenvalue weighted by Gasteiger charge is -2.14. The summed E-state index contributed by atoms with van der Waals surface area (Å²) >= 11 is 11.9. The molecule has 2 rings (SSSR count). The summed E-state index contributed by atoms with van der Waals surface area (Å²) in [5.41, 5.74) is -0.159. The Bertz CT molecular complexity index is 544. The number of methoxy groups -OCH3 is 1. The minimum atomic E-state index is -1.04. The number of esters is 1. The monoisotopic (exact) mass is 301 g/mol. The molecule has 6 heteroatoms. The van der Waals surface area contributed by atoms with Crippen LogP contribution >= 0.6 is 23.2 Å². The largest absolute Gasteiger partial charge is 0.465 e. The van der Waals surface area contributed by atoms with E-state index in [1.807, 2.05) is 0 Å². The molecule has 0 radical (unpaired) electrons. The summed E-state index contributed by atoms with van der Waals surface area (Å²) in [4.78, 5) is 23.7. The molecular formula is C13H13Cl2NO3. The molecule has 1 aromatic carbocycles. The van der Waals surface area contributed by atoms with Crippen LogP contribution in [0.1, 0.15) is 23.7 Å². The predicted octanol–water partition coefficient (Wildman–Crippen LogP) is 3.00. The third-order valence-electron chi connectivity index (χ3n) is 3.34. The van der Waals surface area contributed by atoms with Gasteiger partial charge in [-0.2, -0.15) is 0 Å². The number of benzene rings is 1. The topological polar surface area (TPSA) is 55.4 Å². The van der Waals surface area contributed by atoms with Crippen molar-refractivity contribution in [1.82, 2.24) is 0 Å². The van der Waals surface area contributed by atoms with Crippen molar-refractivity contribution in [3.05, 3.63) is 29.8 Å². The van der Waals surface area contributed by atoms with Crippen molar-refractivity contribution in [2.45, 2.75) is 17.7 Å². The van der Waals surface area contributed by atoms with E-state index in [9.17, 15) is 9.59 Å². The number of ether oxygens (including phenoxy) is 1. The summed E-state index contributed by atoms with van der Waals surface area (Å²) in [6.45, 7) is 1.68. The van der Waals surface area contributed by atoms with Gasteiger partial charge in [0.15, 0.2) is 0 Å². The van der Waals surface area contributed by atoms with Crippen LogP contribution in [0.2, 0.25) is 0 Å². The first-order valence-electron chi connectivity index (χ1n) is 5.68. The lowest BCUT2D eigenvalue weighted by atomic mass is 10.1. The molecule has 1 atom stereocenters. The second kappa shape index (κ2) is 4.69. The Balaban J connectivity index is 2.21. The van der Waals surface area contributed by atoms with Crippen LogP contribution in [0.15, 0.2) is 24.3 Å². The number of halogens is 2. The van der Waals surface area contributed by atoms with E-state index >= 15 is 0 Å². The van der Waals surface area contributed by atoms with Crippen LogP contribution in [0, 0.1) is 5.41 Å². The van der Waals surface area contributed by atoms with E-state index in [0.29, 0.717) is 12.1 Å². The fraction of sp³-hybridized carbons (Fsp3) is 0.385. The highest BCUT2D eigenvalue weighted by atomic mass is 35.5. The van der Waals surface area contributed by atoms with Crippen molar-refractivity contribution in [1.29, 1.82) is 0 Å². The van der Waals surface area contributed by atoms with Crippen molar-refractivity contribution in [2.75, 3.05) is 12.4 Å². The SMILES string of the molecule is COC(=O)c1ccccc1NC(=O)[C@@]1(C)CC1(Cl)Cl. The molecular weight excluding hydrogens is 289 g/mol. The van der Waals surface area contributed by atoms with Gasteiger partial charge in [0.1, 0.15) is 4.33 Å². The number of hydrogen-bond donors (Lipinski definition) is 1. The van der Waals surface area contributed by atoms with E-state index in [1.165, 1.54) is 7.11 Å². The lowest BCUT2D eigenvalue weighted by Crippen LogP contribution is -2.26. The highest BCUT2D eigenvalue weighted by molar-refractivity contribution is 6.53. The molecule has 1 saturated carbocycles. The molecule has 0 aromatic heterocycles. The van der Waals surface area contributed by atoms with Crippen molar-refractivity contribution >= 4 is 40.8 Å². The van der Waals surface area contributed by atoms with Crippen LogP contribution in [0.4, 0.5) is 5.69 Å². The molecule has 19 heavy (non-hydrogen) atoms. The molecule has 0 bridgehead atoms. The van der Waals surface area contributed by atoms with E-state index < -0.39 is 15.7 Å². The lowest BCUT2D eigenvalue weighted by molar-refractivity contribution is -0.120. The smallest absolute Gasteiger partial charge is 0.339 e. The summed E-state index contributed by atoms with van der Waals surface area (Å²) in [6, 6.07) is 6.60. The Labute approximate surface area is 121 Å². The Kier molecular flexibility index (Phi) is 3.49. The standard InChI is InChI=1S/C13H13Cl2NO3/c1-12(7-13(12,14)15)11(18)16-9-6-4-3-5-8(9)10(17)19-2/h3-6H,7H2,1-2H3,(H,16,18)/t12-/m1/s1. The fourth-order valence-corrected chi connectivity index (χ4v) is 2.49. The zero-order valence-corrected chi connectivity index (χ0v) is 12.0. The molecule has 4 nitrogen and oxygen atoms in total. The van der Waals surface area contributed by atoms with Crippen molar-refractivity contribution in [3.8, 4) is 0 Å². The summed E-state index contributed by atoms with van der Waals surface area (Å²) in [5, 5.41) is 2.68. The first kappa shape index (κ1) is 14.2. The van der Waals surface area contributed by atoms with Crippen molar-refractivity contribution < 1.29 is 14.3 Å². The summed E-state index contributed by atoms with van der Waals surface area (Å²) in [6.07, 6.45) is 0.384. The van der Waals surface area contributed by atoms with Crippen LogP contribution in [-0.4, -0.2) is 23.3 Å². The average Bonchev–Trinajstić information content (AvgIpc) is 2.90. The maximum atomic E-state index is 12.1. The zero-order valence-electron chi connectivity index (χ0n) is 10.5. The van der Waals surface area contributed by atoms with Gasteiger partial charge >= 0.3 is 5.97 Å². The maximum Gasteiger partial charge on any atom is 0.339 e. The number of carbonyl (C=O) groups excluding carboxylic acids is 2. The minimum absolute atomic E-state index is 0.289. The highest BCUT2D eigenvalue weighted by Gasteiger charge is 2.67. The molecule has 0 heterocycles. The number of para-hydroxylation sites is 1. The number of alkyl halides is 2. The maximum absolute atomic E-state index is 12.1. The number of hydrogen-bond acceptors (Lipinski definition) is 3. The average molecular weight is 302 g/mol. The molecule has 0 aliphatic heterocycles. The van der Waals surface area contributed by atoms with E-state index in [2.05, 4.69) is 10.1 Å². The third-order valence-corrected chi connectivity index (χ3v) is 4.44. The van der Waals surface area contributed by atoms with Crippen LogP contribution in [-0.2, 0) is 9.53 Å². The minimum Gasteiger partial charge on any atom is -0.465 e. The van der Waals surface area contributed by atoms with Gasteiger partial charge in [0.05, 0.1) is 23.8 Å². The first-order chi connectivity index (χ1) is 8.82. The van der Waals surface area contributed by atoms with E-state index in [0.717, 1.165) is 0 Å². The molecule has 1 fully saturated rings. The van der Waals surface area contributed by atoms with Gasteiger partial charge in [0, 0.05) is 0 Å². The Morgan fingerprint density at radius 3 is 2.42 bits per heavy atom. The normalized spacial score (nSPS) is 23.6. The van der Waals surface area contributed by atoms with Crippen molar-refractivity contribution in [2.24, 2.45) is 5.41 Å². The molecule has 1 amide bonds. The molecule has 0 saturated heterocycles. The van der Waals surface area contributed by atoms with Crippen LogP contribution in [0.5, 0.6) is 0 Å². The fourth-order valence-electron chi connectivity index (χ4n) is 1.79. The zero-order chi connectivity index (χ0) is 14.3. The number of carbonyl (C=O) groups is 2. The van der Waals surface area contributed by atoms with Gasteiger partial charge in [0.25, 0.3) is 0 Å². The summed E-state index contributed by atoms with van der Waals surface area (Å²) < 4.78 is 3.61. The molecule has 1 aliphatic rings. The summed E-state index contributed by atoms with van der Waals surface area (Å²) in [5.74, 6) is -0.825.